The summed E-state index contributed by atoms with van der Waals surface area (Å²) in [6, 6.07) is 16.8. The predicted octanol–water partition coefficient (Wildman–Crippen LogP) is 4.48. The molecule has 1 aromatic heterocycles. The van der Waals surface area contributed by atoms with Crippen LogP contribution in [0.2, 0.25) is 5.02 Å². The predicted molar refractivity (Wildman–Crippen MR) is 85.2 cm³/mol. The van der Waals surface area contributed by atoms with Gasteiger partial charge in [0, 0.05) is 10.6 Å². The first kappa shape index (κ1) is 14.2. The number of hydrogen-bond donors (Lipinski definition) is 0. The Morgan fingerprint density at radius 2 is 1.95 bits per heavy atom. The second-order valence-corrected chi connectivity index (χ2v) is 5.09. The summed E-state index contributed by atoms with van der Waals surface area (Å²) >= 11 is 5.97. The Kier molecular flexibility index (Phi) is 4.08. The number of halogens is 1. The fourth-order valence-electron chi connectivity index (χ4n) is 2.09. The average Bonchev–Trinajstić information content (AvgIpc) is 3.02. The minimum atomic E-state index is 0.279. The maximum atomic E-state index is 9.29. The number of aromatic nitrogens is 1. The van der Waals surface area contributed by atoms with E-state index in [4.69, 9.17) is 16.0 Å². The molecular formula is C17H12ClN3O. The average molecular weight is 310 g/mol. The lowest BCUT2D eigenvalue weighted by Crippen LogP contribution is -2.15. The van der Waals surface area contributed by atoms with Crippen LogP contribution in [0.1, 0.15) is 5.89 Å². The summed E-state index contributed by atoms with van der Waals surface area (Å²) in [5.74, 6) is 1.10. The number of nitrogens with zero attached hydrogens (tertiary/aromatic N) is 3. The van der Waals surface area contributed by atoms with Gasteiger partial charge in [0.1, 0.15) is 6.54 Å². The van der Waals surface area contributed by atoms with Crippen molar-refractivity contribution in [1.29, 1.82) is 5.26 Å². The monoisotopic (exact) mass is 309 g/mol. The first-order valence-corrected chi connectivity index (χ1v) is 7.07. The highest BCUT2D eigenvalue weighted by Gasteiger charge is 2.12. The van der Waals surface area contributed by atoms with Crippen LogP contribution < -0.4 is 4.90 Å². The minimum Gasteiger partial charge on any atom is -0.439 e. The van der Waals surface area contributed by atoms with E-state index in [0.29, 0.717) is 16.7 Å². The van der Waals surface area contributed by atoms with Crippen molar-refractivity contribution in [3.8, 4) is 17.5 Å². The molecule has 0 saturated heterocycles. The van der Waals surface area contributed by atoms with Crippen molar-refractivity contribution >= 4 is 17.3 Å². The first-order chi connectivity index (χ1) is 10.8. The van der Waals surface area contributed by atoms with Crippen LogP contribution in [0.5, 0.6) is 0 Å². The van der Waals surface area contributed by atoms with Gasteiger partial charge in [0.2, 0.25) is 5.89 Å². The fourth-order valence-corrected chi connectivity index (χ4v) is 2.28. The van der Waals surface area contributed by atoms with E-state index in [1.807, 2.05) is 48.5 Å². The van der Waals surface area contributed by atoms with Gasteiger partial charge in [0.05, 0.1) is 11.9 Å². The Morgan fingerprint density at radius 3 is 2.68 bits per heavy atom. The molecule has 5 heteroatoms. The van der Waals surface area contributed by atoms with E-state index < -0.39 is 0 Å². The lowest BCUT2D eigenvalue weighted by atomic mass is 10.2. The van der Waals surface area contributed by atoms with Crippen molar-refractivity contribution in [2.75, 3.05) is 4.90 Å². The highest BCUT2D eigenvalue weighted by atomic mass is 35.5. The van der Waals surface area contributed by atoms with E-state index in [-0.39, 0.29) is 6.54 Å². The zero-order valence-corrected chi connectivity index (χ0v) is 12.4. The Bertz CT molecular complexity index is 808. The van der Waals surface area contributed by atoms with Crippen LogP contribution in [0.25, 0.3) is 11.3 Å². The summed E-state index contributed by atoms with van der Waals surface area (Å²) in [6.07, 6.45) is 3.78. The highest BCUT2D eigenvalue weighted by molar-refractivity contribution is 6.30. The standard InChI is InChI=1S/C17H12ClN3O/c18-14-6-4-5-13(9-14)16-10-20-17(22-16)11-21(12-19)15-7-2-1-3-8-15/h1-10H,11H2. The van der Waals surface area contributed by atoms with E-state index in [0.717, 1.165) is 11.3 Å². The van der Waals surface area contributed by atoms with Gasteiger partial charge in [-0.25, -0.2) is 4.98 Å². The van der Waals surface area contributed by atoms with Crippen LogP contribution in [0.15, 0.2) is 65.2 Å². The van der Waals surface area contributed by atoms with Crippen LogP contribution in [-0.2, 0) is 6.54 Å². The number of para-hydroxylation sites is 1. The molecule has 0 bridgehead atoms. The lowest BCUT2D eigenvalue weighted by molar-refractivity contribution is 0.507. The zero-order valence-electron chi connectivity index (χ0n) is 11.6. The second kappa shape index (κ2) is 6.33. The normalized spacial score (nSPS) is 10.2. The van der Waals surface area contributed by atoms with Crippen molar-refractivity contribution in [2.45, 2.75) is 6.54 Å². The first-order valence-electron chi connectivity index (χ1n) is 6.69. The van der Waals surface area contributed by atoms with Crippen LogP contribution in [0.3, 0.4) is 0 Å². The molecule has 4 nitrogen and oxygen atoms in total. The summed E-state index contributed by atoms with van der Waals surface area (Å²) in [7, 11) is 0. The van der Waals surface area contributed by atoms with E-state index in [1.54, 1.807) is 12.3 Å². The van der Waals surface area contributed by atoms with Crippen molar-refractivity contribution in [3.05, 3.63) is 71.7 Å². The molecule has 0 aliphatic heterocycles. The van der Waals surface area contributed by atoms with Crippen molar-refractivity contribution in [2.24, 2.45) is 0 Å². The second-order valence-electron chi connectivity index (χ2n) is 4.65. The molecule has 0 aliphatic carbocycles. The largest absolute Gasteiger partial charge is 0.439 e. The fraction of sp³-hybridized carbons (Fsp3) is 0.0588. The topological polar surface area (TPSA) is 53.1 Å². The minimum absolute atomic E-state index is 0.279. The van der Waals surface area contributed by atoms with Gasteiger partial charge in [0.15, 0.2) is 12.0 Å². The molecule has 2 aromatic carbocycles. The van der Waals surface area contributed by atoms with E-state index in [1.165, 1.54) is 4.90 Å². The Hall–Kier alpha value is -2.77. The summed E-state index contributed by atoms with van der Waals surface area (Å²) in [6.45, 7) is 0.279. The highest BCUT2D eigenvalue weighted by Crippen LogP contribution is 2.24. The van der Waals surface area contributed by atoms with Crippen LogP contribution >= 0.6 is 11.6 Å². The molecule has 0 N–H and O–H groups in total. The molecule has 0 amide bonds. The van der Waals surface area contributed by atoms with Gasteiger partial charge in [-0.3, -0.25) is 4.90 Å². The van der Waals surface area contributed by atoms with Crippen molar-refractivity contribution in [3.63, 3.8) is 0 Å². The van der Waals surface area contributed by atoms with Gasteiger partial charge in [-0.1, -0.05) is 41.9 Å². The Balaban J connectivity index is 1.81. The maximum absolute atomic E-state index is 9.29. The number of oxazole rings is 1. The van der Waals surface area contributed by atoms with Gasteiger partial charge in [-0.15, -0.1) is 0 Å². The maximum Gasteiger partial charge on any atom is 0.215 e. The van der Waals surface area contributed by atoms with Crippen LogP contribution in [0.4, 0.5) is 5.69 Å². The van der Waals surface area contributed by atoms with E-state index >= 15 is 0 Å². The smallest absolute Gasteiger partial charge is 0.215 e. The number of rotatable bonds is 4. The summed E-state index contributed by atoms with van der Waals surface area (Å²) < 4.78 is 5.72. The molecule has 0 saturated carbocycles. The third-order valence-corrected chi connectivity index (χ3v) is 3.38. The number of benzene rings is 2. The zero-order chi connectivity index (χ0) is 15.4. The molecule has 3 aromatic rings. The van der Waals surface area contributed by atoms with Crippen molar-refractivity contribution in [1.82, 2.24) is 4.98 Å². The number of nitriles is 1. The van der Waals surface area contributed by atoms with E-state index in [9.17, 15) is 5.26 Å². The molecule has 22 heavy (non-hydrogen) atoms. The molecule has 0 unspecified atom stereocenters. The number of anilines is 1. The summed E-state index contributed by atoms with van der Waals surface area (Å²) in [4.78, 5) is 5.75. The molecule has 3 rings (SSSR count). The SMILES string of the molecule is N#CN(Cc1ncc(-c2cccc(Cl)c2)o1)c1ccccc1. The lowest BCUT2D eigenvalue weighted by Gasteiger charge is -2.12. The Morgan fingerprint density at radius 1 is 1.14 bits per heavy atom. The molecule has 0 aliphatic rings. The summed E-state index contributed by atoms with van der Waals surface area (Å²) in [5.41, 5.74) is 1.65. The summed E-state index contributed by atoms with van der Waals surface area (Å²) in [5, 5.41) is 9.93. The van der Waals surface area contributed by atoms with Gasteiger partial charge in [-0.2, -0.15) is 5.26 Å². The quantitative estimate of drug-likeness (QED) is 0.526. The van der Waals surface area contributed by atoms with Crippen LogP contribution in [0, 0.1) is 11.5 Å². The third-order valence-electron chi connectivity index (χ3n) is 3.14. The van der Waals surface area contributed by atoms with Gasteiger partial charge < -0.3 is 4.42 Å². The Labute approximate surface area is 133 Å². The molecule has 0 radical (unpaired) electrons. The third kappa shape index (κ3) is 3.11. The van der Waals surface area contributed by atoms with Gasteiger partial charge >= 0.3 is 0 Å². The molecule has 0 spiro atoms. The van der Waals surface area contributed by atoms with Crippen LogP contribution in [-0.4, -0.2) is 4.98 Å². The van der Waals surface area contributed by atoms with Gasteiger partial charge in [-0.05, 0) is 24.3 Å². The van der Waals surface area contributed by atoms with E-state index in [2.05, 4.69) is 11.2 Å². The van der Waals surface area contributed by atoms with Gasteiger partial charge in [0.25, 0.3) is 0 Å². The molecule has 0 atom stereocenters. The molecule has 108 valence electrons. The molecule has 0 fully saturated rings. The van der Waals surface area contributed by atoms with Crippen molar-refractivity contribution < 1.29 is 4.42 Å². The molecule has 1 heterocycles. The number of hydrogen-bond acceptors (Lipinski definition) is 4. The molecular weight excluding hydrogens is 298 g/mol.